The maximum atomic E-state index is 12.6. The molecule has 0 bridgehead atoms. The normalized spacial score (nSPS) is 21.0. The second kappa shape index (κ2) is 7.65. The number of hydrogen-bond donors (Lipinski definition) is 0. The van der Waals surface area contributed by atoms with E-state index in [0.717, 1.165) is 28.5 Å². The summed E-state index contributed by atoms with van der Waals surface area (Å²) in [5, 5.41) is 2.54. The van der Waals surface area contributed by atoms with Crippen molar-refractivity contribution in [1.29, 1.82) is 0 Å². The van der Waals surface area contributed by atoms with Gasteiger partial charge in [-0.15, -0.1) is 0 Å². The minimum Gasteiger partial charge on any atom is -0.459 e. The standard InChI is InChI=1S/C24H21NO6/c26-20-11-15(22-16-6-2-1-5-14(16)9-10-19(22)31-20)13-30-21(27)12-25-23(28)17-7-3-4-8-18(17)24(25)29/h1-2,5-6,9-11,17-18H,3-4,7-8,12-13H2. The van der Waals surface area contributed by atoms with Gasteiger partial charge in [-0.3, -0.25) is 19.3 Å². The van der Waals surface area contributed by atoms with E-state index in [-0.39, 0.29) is 30.3 Å². The molecule has 5 rings (SSSR count). The molecule has 1 aromatic heterocycles. The van der Waals surface area contributed by atoms with Gasteiger partial charge in [-0.25, -0.2) is 4.79 Å². The van der Waals surface area contributed by atoms with E-state index in [1.54, 1.807) is 6.07 Å². The minimum absolute atomic E-state index is 0.155. The number of benzene rings is 2. The zero-order valence-corrected chi connectivity index (χ0v) is 16.8. The molecule has 2 atom stereocenters. The van der Waals surface area contributed by atoms with E-state index in [0.29, 0.717) is 29.4 Å². The number of likely N-dealkylation sites (tertiary alicyclic amines) is 1. The first-order valence-electron chi connectivity index (χ1n) is 10.5. The number of amides is 2. The highest BCUT2D eigenvalue weighted by molar-refractivity contribution is 6.08. The number of carbonyl (C=O) groups excluding carboxylic acids is 3. The Hall–Kier alpha value is -3.48. The molecule has 2 heterocycles. The molecule has 2 unspecified atom stereocenters. The summed E-state index contributed by atoms with van der Waals surface area (Å²) in [6.45, 7) is -0.553. The summed E-state index contributed by atoms with van der Waals surface area (Å²) in [6, 6.07) is 12.5. The summed E-state index contributed by atoms with van der Waals surface area (Å²) in [5.41, 5.74) is 0.387. The van der Waals surface area contributed by atoms with Crippen LogP contribution in [0.15, 0.2) is 51.7 Å². The molecular weight excluding hydrogens is 398 g/mol. The second-order valence-electron chi connectivity index (χ2n) is 8.17. The van der Waals surface area contributed by atoms with Crippen molar-refractivity contribution in [2.75, 3.05) is 6.54 Å². The van der Waals surface area contributed by atoms with Crippen LogP contribution in [0, 0.1) is 11.8 Å². The van der Waals surface area contributed by atoms with Crippen LogP contribution in [-0.2, 0) is 25.7 Å². The van der Waals surface area contributed by atoms with Gasteiger partial charge in [0.2, 0.25) is 11.8 Å². The Balaban J connectivity index is 1.37. The van der Waals surface area contributed by atoms with Crippen molar-refractivity contribution in [2.24, 2.45) is 11.8 Å². The van der Waals surface area contributed by atoms with E-state index >= 15 is 0 Å². The van der Waals surface area contributed by atoms with Crippen LogP contribution in [0.1, 0.15) is 31.2 Å². The van der Waals surface area contributed by atoms with Gasteiger partial charge in [-0.2, -0.15) is 0 Å². The number of esters is 1. The molecule has 2 aliphatic rings. The molecule has 0 N–H and O–H groups in total. The summed E-state index contributed by atoms with van der Waals surface area (Å²) in [6.07, 6.45) is 3.24. The summed E-state index contributed by atoms with van der Waals surface area (Å²) in [4.78, 5) is 50.6. The Kier molecular flexibility index (Phi) is 4.81. The first-order chi connectivity index (χ1) is 15.0. The topological polar surface area (TPSA) is 93.9 Å². The Bertz CT molecular complexity index is 1250. The molecule has 1 aliphatic carbocycles. The first kappa shape index (κ1) is 19.5. The Labute approximate surface area is 177 Å². The molecule has 0 radical (unpaired) electrons. The average molecular weight is 419 g/mol. The quantitative estimate of drug-likeness (QED) is 0.279. The zero-order valence-electron chi connectivity index (χ0n) is 16.8. The average Bonchev–Trinajstić information content (AvgIpc) is 3.02. The Morgan fingerprint density at radius 3 is 2.45 bits per heavy atom. The van der Waals surface area contributed by atoms with E-state index < -0.39 is 18.1 Å². The van der Waals surface area contributed by atoms with Gasteiger partial charge in [-0.05, 0) is 29.7 Å². The van der Waals surface area contributed by atoms with E-state index in [4.69, 9.17) is 9.15 Å². The third-order valence-corrected chi connectivity index (χ3v) is 6.32. The van der Waals surface area contributed by atoms with Gasteiger partial charge in [0.1, 0.15) is 18.7 Å². The molecule has 31 heavy (non-hydrogen) atoms. The van der Waals surface area contributed by atoms with Gasteiger partial charge in [0.05, 0.1) is 11.8 Å². The Morgan fingerprint density at radius 2 is 1.71 bits per heavy atom. The summed E-state index contributed by atoms with van der Waals surface area (Å²) < 4.78 is 10.7. The second-order valence-corrected chi connectivity index (χ2v) is 8.17. The van der Waals surface area contributed by atoms with E-state index in [2.05, 4.69) is 0 Å². The molecular formula is C24H21NO6. The lowest BCUT2D eigenvalue weighted by atomic mass is 9.81. The van der Waals surface area contributed by atoms with Crippen molar-refractivity contribution in [3.63, 3.8) is 0 Å². The van der Waals surface area contributed by atoms with Crippen LogP contribution in [0.5, 0.6) is 0 Å². The van der Waals surface area contributed by atoms with Crippen LogP contribution in [0.4, 0.5) is 0 Å². The molecule has 2 aromatic carbocycles. The van der Waals surface area contributed by atoms with Crippen LogP contribution in [0.3, 0.4) is 0 Å². The lowest BCUT2D eigenvalue weighted by Crippen LogP contribution is -2.36. The SMILES string of the molecule is O=C(CN1C(=O)C2CCCCC2C1=O)OCc1cc(=O)oc2ccc3ccccc3c12. The van der Waals surface area contributed by atoms with Crippen LogP contribution in [-0.4, -0.2) is 29.2 Å². The Morgan fingerprint density at radius 1 is 1.00 bits per heavy atom. The summed E-state index contributed by atoms with van der Waals surface area (Å²) in [5.74, 6) is -1.83. The number of ether oxygens (including phenoxy) is 1. The zero-order chi connectivity index (χ0) is 21.5. The molecule has 7 heteroatoms. The molecule has 158 valence electrons. The highest BCUT2D eigenvalue weighted by atomic mass is 16.5. The highest BCUT2D eigenvalue weighted by Crippen LogP contribution is 2.38. The molecule has 2 fully saturated rings. The fraction of sp³-hybridized carbons (Fsp3) is 0.333. The maximum Gasteiger partial charge on any atom is 0.336 e. The van der Waals surface area contributed by atoms with Gasteiger partial charge in [-0.1, -0.05) is 43.2 Å². The fourth-order valence-corrected chi connectivity index (χ4v) is 4.85. The monoisotopic (exact) mass is 419 g/mol. The fourth-order valence-electron chi connectivity index (χ4n) is 4.85. The summed E-state index contributed by atoms with van der Waals surface area (Å²) in [7, 11) is 0. The predicted octanol–water partition coefficient (Wildman–Crippen LogP) is 3.16. The maximum absolute atomic E-state index is 12.6. The summed E-state index contributed by atoms with van der Waals surface area (Å²) >= 11 is 0. The number of nitrogens with zero attached hydrogens (tertiary/aromatic N) is 1. The molecule has 1 saturated heterocycles. The van der Waals surface area contributed by atoms with Crippen LogP contribution < -0.4 is 5.63 Å². The largest absolute Gasteiger partial charge is 0.459 e. The van der Waals surface area contributed by atoms with E-state index in [9.17, 15) is 19.2 Å². The third kappa shape index (κ3) is 3.40. The van der Waals surface area contributed by atoms with Crippen molar-refractivity contribution in [1.82, 2.24) is 4.90 Å². The van der Waals surface area contributed by atoms with Crippen molar-refractivity contribution < 1.29 is 23.5 Å². The molecule has 0 spiro atoms. The predicted molar refractivity (Wildman–Crippen MR) is 112 cm³/mol. The highest BCUT2D eigenvalue weighted by Gasteiger charge is 2.48. The van der Waals surface area contributed by atoms with Crippen molar-refractivity contribution in [3.05, 3.63) is 58.4 Å². The van der Waals surface area contributed by atoms with Gasteiger partial charge in [0.25, 0.3) is 0 Å². The van der Waals surface area contributed by atoms with Crippen LogP contribution >= 0.6 is 0 Å². The van der Waals surface area contributed by atoms with Gasteiger partial charge in [0, 0.05) is 17.0 Å². The van der Waals surface area contributed by atoms with Gasteiger partial charge < -0.3 is 9.15 Å². The smallest absolute Gasteiger partial charge is 0.336 e. The minimum atomic E-state index is -0.679. The van der Waals surface area contributed by atoms with Crippen molar-refractivity contribution >= 4 is 39.5 Å². The number of rotatable bonds is 4. The van der Waals surface area contributed by atoms with Crippen molar-refractivity contribution in [2.45, 2.75) is 32.3 Å². The lowest BCUT2D eigenvalue weighted by molar-refractivity contribution is -0.153. The molecule has 2 amide bonds. The number of fused-ring (bicyclic) bond motifs is 4. The third-order valence-electron chi connectivity index (χ3n) is 6.32. The van der Waals surface area contributed by atoms with Gasteiger partial charge in [0.15, 0.2) is 0 Å². The molecule has 3 aromatic rings. The van der Waals surface area contributed by atoms with E-state index in [1.165, 1.54) is 6.07 Å². The number of hydrogen-bond acceptors (Lipinski definition) is 6. The number of imide groups is 1. The molecule has 1 saturated carbocycles. The van der Waals surface area contributed by atoms with Gasteiger partial charge >= 0.3 is 11.6 Å². The molecule has 1 aliphatic heterocycles. The number of carbonyl (C=O) groups is 3. The van der Waals surface area contributed by atoms with Crippen LogP contribution in [0.2, 0.25) is 0 Å². The first-order valence-corrected chi connectivity index (χ1v) is 10.5. The van der Waals surface area contributed by atoms with E-state index in [1.807, 2.05) is 30.3 Å². The lowest BCUT2D eigenvalue weighted by Gasteiger charge is -2.19. The molecule has 7 nitrogen and oxygen atoms in total. The van der Waals surface area contributed by atoms with Crippen molar-refractivity contribution in [3.8, 4) is 0 Å². The van der Waals surface area contributed by atoms with Crippen LogP contribution in [0.25, 0.3) is 21.7 Å².